The molecule has 7 nitrogen and oxygen atoms in total. The number of nitrogens with zero attached hydrogens (tertiary/aromatic N) is 2. The highest BCUT2D eigenvalue weighted by atomic mass is 79.9. The van der Waals surface area contributed by atoms with Gasteiger partial charge in [-0.05, 0) is 22.9 Å². The summed E-state index contributed by atoms with van der Waals surface area (Å²) >= 11 is 3.20. The normalized spacial score (nSPS) is 23.8. The quantitative estimate of drug-likeness (QED) is 0.814. The Morgan fingerprint density at radius 3 is 2.90 bits per heavy atom. The first-order valence-electron chi connectivity index (χ1n) is 6.07. The first-order valence-corrected chi connectivity index (χ1v) is 8.93. The van der Waals surface area contributed by atoms with Crippen LogP contribution in [0.1, 0.15) is 18.7 Å². The summed E-state index contributed by atoms with van der Waals surface area (Å²) in [4.78, 5) is 16.5. The van der Waals surface area contributed by atoms with Gasteiger partial charge >= 0.3 is 0 Å². The summed E-state index contributed by atoms with van der Waals surface area (Å²) < 4.78 is 29.9. The van der Waals surface area contributed by atoms with Gasteiger partial charge in [0.1, 0.15) is 22.3 Å². The molecule has 112 valence electrons. The average Bonchev–Trinajstić information content (AvgIpc) is 2.32. The number of rotatable bonds is 3. The number of halogens is 1. The third kappa shape index (κ3) is 3.66. The fourth-order valence-corrected chi connectivity index (χ4v) is 3.23. The van der Waals surface area contributed by atoms with E-state index in [1.54, 1.807) is 0 Å². The highest BCUT2D eigenvalue weighted by Gasteiger charge is 2.28. The van der Waals surface area contributed by atoms with E-state index in [2.05, 4.69) is 26.2 Å². The van der Waals surface area contributed by atoms with Gasteiger partial charge < -0.3 is 10.1 Å². The molecule has 0 radical (unpaired) electrons. The first kappa shape index (κ1) is 15.6. The van der Waals surface area contributed by atoms with Crippen molar-refractivity contribution in [2.45, 2.75) is 24.9 Å². The predicted molar refractivity (Wildman–Crippen MR) is 77.2 cm³/mol. The van der Waals surface area contributed by atoms with Gasteiger partial charge in [-0.15, -0.1) is 0 Å². The fraction of sp³-hybridized carbons (Fsp3) is 0.636. The number of nitrogens with one attached hydrogen (secondary N) is 1. The van der Waals surface area contributed by atoms with Crippen LogP contribution in [0.15, 0.2) is 15.6 Å². The van der Waals surface area contributed by atoms with Gasteiger partial charge in [-0.3, -0.25) is 9.36 Å². The zero-order valence-electron chi connectivity index (χ0n) is 11.2. The summed E-state index contributed by atoms with van der Waals surface area (Å²) in [6, 6.07) is -0.0649. The highest BCUT2D eigenvalue weighted by Crippen LogP contribution is 2.20. The van der Waals surface area contributed by atoms with Crippen LogP contribution in [0.2, 0.25) is 0 Å². The van der Waals surface area contributed by atoms with Crippen molar-refractivity contribution in [1.82, 2.24) is 14.9 Å². The molecule has 0 amide bonds. The molecule has 2 heterocycles. The van der Waals surface area contributed by atoms with Crippen LogP contribution in [0.3, 0.4) is 0 Å². The molecule has 0 bridgehead atoms. The van der Waals surface area contributed by atoms with Crippen molar-refractivity contribution < 1.29 is 13.2 Å². The van der Waals surface area contributed by atoms with Crippen LogP contribution in [-0.4, -0.2) is 43.4 Å². The van der Waals surface area contributed by atoms with Gasteiger partial charge in [-0.2, -0.15) is 0 Å². The second kappa shape index (κ2) is 5.92. The van der Waals surface area contributed by atoms with Gasteiger partial charge in [0.25, 0.3) is 5.56 Å². The van der Waals surface area contributed by atoms with Crippen LogP contribution < -0.4 is 10.9 Å². The topological polar surface area (TPSA) is 90.3 Å². The summed E-state index contributed by atoms with van der Waals surface area (Å²) in [5, 5.41) is 3.20. The zero-order valence-corrected chi connectivity index (χ0v) is 13.6. The monoisotopic (exact) mass is 365 g/mol. The summed E-state index contributed by atoms with van der Waals surface area (Å²) in [6.45, 7) is 3.09. The summed E-state index contributed by atoms with van der Waals surface area (Å²) in [6.07, 6.45) is 1.96. The van der Waals surface area contributed by atoms with Crippen LogP contribution in [0.5, 0.6) is 0 Å². The van der Waals surface area contributed by atoms with Gasteiger partial charge in [0.05, 0.1) is 6.61 Å². The lowest BCUT2D eigenvalue weighted by atomic mass is 10.1. The Hall–Kier alpha value is -0.770. The Morgan fingerprint density at radius 1 is 1.60 bits per heavy atom. The molecule has 2 rings (SSSR count). The Kier molecular flexibility index (Phi) is 4.62. The molecule has 1 aromatic heterocycles. The van der Waals surface area contributed by atoms with Crippen molar-refractivity contribution in [2.75, 3.05) is 19.4 Å². The first-order chi connectivity index (χ1) is 9.28. The molecular formula is C11H16BrN3O4S. The Labute approximate surface area is 125 Å². The van der Waals surface area contributed by atoms with Crippen molar-refractivity contribution in [1.29, 1.82) is 0 Å². The molecule has 2 atom stereocenters. The molecule has 0 spiro atoms. The van der Waals surface area contributed by atoms with Gasteiger partial charge in [0, 0.05) is 25.0 Å². The van der Waals surface area contributed by atoms with Gasteiger partial charge in [-0.25, -0.2) is 13.4 Å². The van der Waals surface area contributed by atoms with Crippen molar-refractivity contribution in [3.63, 3.8) is 0 Å². The lowest BCUT2D eigenvalue weighted by molar-refractivity contribution is -0.00408. The maximum absolute atomic E-state index is 12.4. The SMILES string of the molecule is CC1NCCO[C@H]1c1nc(Br)cn(CS(C)(=O)=O)c1=O. The average molecular weight is 366 g/mol. The molecule has 9 heteroatoms. The van der Waals surface area contributed by atoms with E-state index in [1.807, 2.05) is 6.92 Å². The van der Waals surface area contributed by atoms with E-state index < -0.39 is 21.5 Å². The van der Waals surface area contributed by atoms with Crippen molar-refractivity contribution >= 4 is 25.8 Å². The summed E-state index contributed by atoms with van der Waals surface area (Å²) in [5.41, 5.74) is -0.234. The second-order valence-corrected chi connectivity index (χ2v) is 7.74. The maximum atomic E-state index is 12.4. The third-order valence-electron chi connectivity index (χ3n) is 2.93. The lowest BCUT2D eigenvalue weighted by Gasteiger charge is -2.29. The van der Waals surface area contributed by atoms with Crippen molar-refractivity contribution in [3.8, 4) is 0 Å². The van der Waals surface area contributed by atoms with Crippen molar-refractivity contribution in [2.24, 2.45) is 0 Å². The molecule has 1 unspecified atom stereocenters. The molecule has 1 saturated heterocycles. The minimum absolute atomic E-state index is 0.0649. The number of sulfone groups is 1. The highest BCUT2D eigenvalue weighted by molar-refractivity contribution is 9.10. The number of ether oxygens (including phenoxy) is 1. The van der Waals surface area contributed by atoms with E-state index in [-0.39, 0.29) is 17.6 Å². The molecule has 0 aliphatic carbocycles. The number of aromatic nitrogens is 2. The minimum Gasteiger partial charge on any atom is -0.369 e. The Balaban J connectivity index is 2.46. The van der Waals surface area contributed by atoms with Gasteiger partial charge in [0.15, 0.2) is 9.84 Å². The van der Waals surface area contributed by atoms with Crippen LogP contribution in [-0.2, 0) is 20.5 Å². The summed E-state index contributed by atoms with van der Waals surface area (Å²) in [7, 11) is -3.32. The Bertz CT molecular complexity index is 658. The van der Waals surface area contributed by atoms with E-state index in [0.29, 0.717) is 17.8 Å². The molecule has 1 aliphatic heterocycles. The van der Waals surface area contributed by atoms with Gasteiger partial charge in [-0.1, -0.05) is 0 Å². The van der Waals surface area contributed by atoms with Crippen LogP contribution in [0, 0.1) is 0 Å². The Morgan fingerprint density at radius 2 is 2.30 bits per heavy atom. The second-order valence-electron chi connectivity index (χ2n) is 4.81. The molecule has 1 N–H and O–H groups in total. The van der Waals surface area contributed by atoms with E-state index in [1.165, 1.54) is 6.20 Å². The number of morpholine rings is 1. The molecule has 1 aromatic rings. The minimum atomic E-state index is -3.32. The zero-order chi connectivity index (χ0) is 14.9. The maximum Gasteiger partial charge on any atom is 0.276 e. The molecule has 20 heavy (non-hydrogen) atoms. The molecule has 0 saturated carbocycles. The smallest absolute Gasteiger partial charge is 0.276 e. The standard InChI is InChI=1S/C11H16BrN3O4S/c1-7-10(19-4-3-13-7)9-11(16)15(5-8(12)14-9)6-20(2,17)18/h5,7,10,13H,3-4,6H2,1-2H3/t7?,10-/m1/s1. The van der Waals surface area contributed by atoms with Gasteiger partial charge in [0.2, 0.25) is 0 Å². The third-order valence-corrected chi connectivity index (χ3v) is 4.06. The molecule has 1 aliphatic rings. The van der Waals surface area contributed by atoms with Crippen molar-refractivity contribution in [3.05, 3.63) is 26.8 Å². The largest absolute Gasteiger partial charge is 0.369 e. The number of hydrogen-bond acceptors (Lipinski definition) is 6. The van der Waals surface area contributed by atoms with E-state index in [0.717, 1.165) is 10.8 Å². The fourth-order valence-electron chi connectivity index (χ4n) is 2.10. The number of hydrogen-bond donors (Lipinski definition) is 1. The van der Waals surface area contributed by atoms with Crippen LogP contribution >= 0.6 is 15.9 Å². The molecule has 0 aromatic carbocycles. The van der Waals surface area contributed by atoms with E-state index in [4.69, 9.17) is 4.74 Å². The summed E-state index contributed by atoms with van der Waals surface area (Å²) in [5.74, 6) is -0.380. The predicted octanol–water partition coefficient (Wildman–Crippen LogP) is 0.0573. The lowest BCUT2D eigenvalue weighted by Crippen LogP contribution is -2.44. The van der Waals surface area contributed by atoms with Crippen LogP contribution in [0.4, 0.5) is 0 Å². The van der Waals surface area contributed by atoms with E-state index >= 15 is 0 Å². The van der Waals surface area contributed by atoms with E-state index in [9.17, 15) is 13.2 Å². The molecule has 1 fully saturated rings. The van der Waals surface area contributed by atoms with Crippen LogP contribution in [0.25, 0.3) is 0 Å². The molecular weight excluding hydrogens is 350 g/mol.